The van der Waals surface area contributed by atoms with Gasteiger partial charge in [0.15, 0.2) is 0 Å². The highest BCUT2D eigenvalue weighted by atomic mass is 79.9. The molecule has 0 saturated carbocycles. The second-order valence-electron chi connectivity index (χ2n) is 6.89. The summed E-state index contributed by atoms with van der Waals surface area (Å²) in [5.74, 6) is 5.58. The van der Waals surface area contributed by atoms with Crippen molar-refractivity contribution in [3.05, 3.63) is 57.5 Å². The second kappa shape index (κ2) is 9.53. The van der Waals surface area contributed by atoms with Crippen LogP contribution >= 0.6 is 27.5 Å². The van der Waals surface area contributed by atoms with E-state index in [1.807, 2.05) is 0 Å². The third-order valence-corrected chi connectivity index (χ3v) is 5.88. The molecule has 0 bridgehead atoms. The third kappa shape index (κ3) is 7.28. The number of carbonyl (C=O) groups is 1. The first-order chi connectivity index (χ1) is 13.5. The number of amides is 1. The van der Waals surface area contributed by atoms with Gasteiger partial charge >= 0.3 is 6.09 Å². The fraction of sp³-hybridized carbons (Fsp3) is 0.250. The number of alkyl carbamates (subject to hydrolysis) is 1. The standard InChI is InChI=1S/C20H20BrClN2O4S/c1-20(2,3)28-19(25)23-11-7-8-14-12-17(22)16(21)13-18(14)24-29(26,27)15-9-5-4-6-10-15/h4-6,9-10,12-13,24H,11H2,1-3H3,(H,23,25). The number of ether oxygens (including phenoxy) is 1. The molecule has 0 spiro atoms. The highest BCUT2D eigenvalue weighted by Gasteiger charge is 2.17. The molecule has 0 aliphatic heterocycles. The summed E-state index contributed by atoms with van der Waals surface area (Å²) >= 11 is 9.41. The van der Waals surface area contributed by atoms with Crippen LogP contribution in [0, 0.1) is 11.8 Å². The molecule has 0 radical (unpaired) electrons. The zero-order valence-corrected chi connectivity index (χ0v) is 19.2. The number of hydrogen-bond acceptors (Lipinski definition) is 4. The van der Waals surface area contributed by atoms with Crippen LogP contribution < -0.4 is 10.0 Å². The Balaban J connectivity index is 2.21. The van der Waals surface area contributed by atoms with E-state index in [1.54, 1.807) is 39.0 Å². The van der Waals surface area contributed by atoms with Gasteiger partial charge in [0.2, 0.25) is 0 Å². The van der Waals surface area contributed by atoms with E-state index in [2.05, 4.69) is 37.8 Å². The first-order valence-corrected chi connectivity index (χ1v) is 11.2. The van der Waals surface area contributed by atoms with Crippen LogP contribution in [0.3, 0.4) is 0 Å². The normalized spacial score (nSPS) is 11.2. The lowest BCUT2D eigenvalue weighted by Crippen LogP contribution is -2.32. The third-order valence-electron chi connectivity index (χ3n) is 3.30. The average Bonchev–Trinajstić information content (AvgIpc) is 2.61. The van der Waals surface area contributed by atoms with Gasteiger partial charge in [-0.05, 0) is 61.0 Å². The van der Waals surface area contributed by atoms with Crippen molar-refractivity contribution in [2.45, 2.75) is 31.3 Å². The van der Waals surface area contributed by atoms with E-state index in [1.165, 1.54) is 24.3 Å². The number of anilines is 1. The SMILES string of the molecule is CC(C)(C)OC(=O)NCC#Cc1cc(Cl)c(Br)cc1NS(=O)(=O)c1ccccc1. The van der Waals surface area contributed by atoms with Gasteiger partial charge in [0, 0.05) is 4.47 Å². The van der Waals surface area contributed by atoms with Gasteiger partial charge in [-0.3, -0.25) is 4.72 Å². The number of rotatable bonds is 4. The smallest absolute Gasteiger partial charge is 0.408 e. The predicted octanol–water partition coefficient (Wildman–Crippen LogP) is 4.78. The molecule has 0 aliphatic rings. The fourth-order valence-electron chi connectivity index (χ4n) is 2.11. The summed E-state index contributed by atoms with van der Waals surface area (Å²) in [5, 5.41) is 2.89. The van der Waals surface area contributed by atoms with E-state index in [4.69, 9.17) is 16.3 Å². The molecule has 0 aliphatic carbocycles. The minimum Gasteiger partial charge on any atom is -0.444 e. The number of nitrogens with one attached hydrogen (secondary N) is 2. The second-order valence-corrected chi connectivity index (χ2v) is 9.83. The molecule has 0 unspecified atom stereocenters. The van der Waals surface area contributed by atoms with Crippen LogP contribution in [-0.4, -0.2) is 26.7 Å². The van der Waals surface area contributed by atoms with Gasteiger partial charge in [-0.25, -0.2) is 13.2 Å². The van der Waals surface area contributed by atoms with Gasteiger partial charge in [-0.2, -0.15) is 0 Å². The van der Waals surface area contributed by atoms with E-state index in [9.17, 15) is 13.2 Å². The molecule has 154 valence electrons. The van der Waals surface area contributed by atoms with Crippen LogP contribution in [-0.2, 0) is 14.8 Å². The summed E-state index contributed by atoms with van der Waals surface area (Å²) in [7, 11) is -3.80. The molecule has 0 saturated heterocycles. The molecule has 2 aromatic rings. The molecule has 0 fully saturated rings. The minimum absolute atomic E-state index is 0.0213. The van der Waals surface area contributed by atoms with Crippen molar-refractivity contribution in [3.8, 4) is 11.8 Å². The maximum atomic E-state index is 12.6. The first-order valence-electron chi connectivity index (χ1n) is 8.50. The average molecular weight is 500 g/mol. The molecule has 0 heterocycles. The fourth-order valence-corrected chi connectivity index (χ4v) is 3.71. The Kier molecular flexibility index (Phi) is 7.58. The topological polar surface area (TPSA) is 84.5 Å². The van der Waals surface area contributed by atoms with Gasteiger partial charge in [0.05, 0.1) is 27.7 Å². The molecule has 2 aromatic carbocycles. The summed E-state index contributed by atoms with van der Waals surface area (Å²) in [6.45, 7) is 5.29. The van der Waals surface area contributed by atoms with Gasteiger partial charge in [0.25, 0.3) is 10.0 Å². The number of halogens is 2. The van der Waals surface area contributed by atoms with E-state index >= 15 is 0 Å². The first kappa shape index (κ1) is 23.1. The quantitative estimate of drug-likeness (QED) is 0.593. The Morgan fingerprint density at radius 3 is 2.48 bits per heavy atom. The molecule has 9 heteroatoms. The highest BCUT2D eigenvalue weighted by molar-refractivity contribution is 9.10. The summed E-state index contributed by atoms with van der Waals surface area (Å²) in [6.07, 6.45) is -0.592. The minimum atomic E-state index is -3.80. The van der Waals surface area contributed by atoms with Crippen LogP contribution in [0.4, 0.5) is 10.5 Å². The molecule has 6 nitrogen and oxygen atoms in total. The zero-order chi connectivity index (χ0) is 21.7. The largest absolute Gasteiger partial charge is 0.444 e. The molecule has 1 amide bonds. The van der Waals surface area contributed by atoms with Gasteiger partial charge in [0.1, 0.15) is 5.60 Å². The van der Waals surface area contributed by atoms with Gasteiger partial charge in [-0.1, -0.05) is 41.6 Å². The van der Waals surface area contributed by atoms with Crippen LogP contribution in [0.15, 0.2) is 51.8 Å². The summed E-state index contributed by atoms with van der Waals surface area (Å²) in [4.78, 5) is 11.8. The van der Waals surface area contributed by atoms with Crippen LogP contribution in [0.1, 0.15) is 26.3 Å². The number of sulfonamides is 1. The lowest BCUT2D eigenvalue weighted by molar-refractivity contribution is 0.0535. The molecular formula is C20H20BrClN2O4S. The summed E-state index contributed by atoms with van der Waals surface area (Å²) in [6, 6.07) is 11.0. The Morgan fingerprint density at radius 1 is 1.21 bits per heavy atom. The van der Waals surface area contributed by atoms with Crippen molar-refractivity contribution in [1.29, 1.82) is 0 Å². The maximum absolute atomic E-state index is 12.6. The zero-order valence-electron chi connectivity index (χ0n) is 16.0. The monoisotopic (exact) mass is 498 g/mol. The molecule has 2 N–H and O–H groups in total. The Bertz CT molecular complexity index is 1060. The maximum Gasteiger partial charge on any atom is 0.408 e. The van der Waals surface area contributed by atoms with Crippen molar-refractivity contribution in [1.82, 2.24) is 5.32 Å². The molecule has 2 rings (SSSR count). The van der Waals surface area contributed by atoms with Crippen LogP contribution in [0.25, 0.3) is 0 Å². The highest BCUT2D eigenvalue weighted by Crippen LogP contribution is 2.30. The van der Waals surface area contributed by atoms with Crippen molar-refractivity contribution in [3.63, 3.8) is 0 Å². The molecular weight excluding hydrogens is 480 g/mol. The van der Waals surface area contributed by atoms with Gasteiger partial charge in [-0.15, -0.1) is 0 Å². The molecule has 29 heavy (non-hydrogen) atoms. The summed E-state index contributed by atoms with van der Waals surface area (Å²) in [5.41, 5.74) is 0.0122. The summed E-state index contributed by atoms with van der Waals surface area (Å²) < 4.78 is 33.4. The Labute approximate surface area is 184 Å². The lowest BCUT2D eigenvalue weighted by atomic mass is 10.2. The van der Waals surface area contributed by atoms with E-state index in [0.717, 1.165) is 0 Å². The molecule has 0 atom stereocenters. The predicted molar refractivity (Wildman–Crippen MR) is 118 cm³/mol. The van der Waals surface area contributed by atoms with Crippen molar-refractivity contribution < 1.29 is 17.9 Å². The van der Waals surface area contributed by atoms with Crippen molar-refractivity contribution in [2.75, 3.05) is 11.3 Å². The number of hydrogen-bond donors (Lipinski definition) is 2. The van der Waals surface area contributed by atoms with Crippen LogP contribution in [0.2, 0.25) is 5.02 Å². The number of carbonyl (C=O) groups excluding carboxylic acids is 1. The van der Waals surface area contributed by atoms with E-state index in [0.29, 0.717) is 15.1 Å². The van der Waals surface area contributed by atoms with Crippen LogP contribution in [0.5, 0.6) is 0 Å². The Hall–Kier alpha value is -2.21. The molecule has 0 aromatic heterocycles. The number of benzene rings is 2. The Morgan fingerprint density at radius 2 is 1.86 bits per heavy atom. The van der Waals surface area contributed by atoms with E-state index < -0.39 is 21.7 Å². The van der Waals surface area contributed by atoms with Gasteiger partial charge < -0.3 is 10.1 Å². The lowest BCUT2D eigenvalue weighted by Gasteiger charge is -2.19. The van der Waals surface area contributed by atoms with E-state index in [-0.39, 0.29) is 17.1 Å². The van der Waals surface area contributed by atoms with Crippen molar-refractivity contribution >= 4 is 49.3 Å². The van der Waals surface area contributed by atoms with Crippen molar-refractivity contribution in [2.24, 2.45) is 0 Å².